The van der Waals surface area contributed by atoms with Gasteiger partial charge in [0.2, 0.25) is 5.78 Å². The van der Waals surface area contributed by atoms with E-state index in [0.717, 1.165) is 0 Å². The van der Waals surface area contributed by atoms with Gasteiger partial charge in [0.05, 0.1) is 23.6 Å². The van der Waals surface area contributed by atoms with Crippen molar-refractivity contribution in [2.75, 3.05) is 14.1 Å². The number of carbonyl (C=O) groups is 3. The number of likely N-dealkylation sites (N-methyl/N-ethyl adjacent to an activating group) is 1. The summed E-state index contributed by atoms with van der Waals surface area (Å²) < 4.78 is 0. The molecule has 0 radical (unpaired) electrons. The minimum Gasteiger partial charge on any atom is -0.508 e. The van der Waals surface area contributed by atoms with Crippen molar-refractivity contribution in [3.63, 3.8) is 0 Å². The van der Waals surface area contributed by atoms with Crippen molar-refractivity contribution in [2.24, 2.45) is 17.6 Å². The molecule has 3 aliphatic carbocycles. The van der Waals surface area contributed by atoms with Crippen molar-refractivity contribution in [3.8, 4) is 5.75 Å². The van der Waals surface area contributed by atoms with Crippen molar-refractivity contribution in [3.05, 3.63) is 46.2 Å². The molecule has 0 heterocycles. The lowest BCUT2D eigenvalue weighted by atomic mass is 9.53. The molecule has 0 spiro atoms. The average molecular weight is 458 g/mol. The molecule has 10 heteroatoms. The van der Waals surface area contributed by atoms with Crippen LogP contribution in [-0.4, -0.2) is 79.7 Å². The van der Waals surface area contributed by atoms with Crippen LogP contribution in [-0.2, 0) is 14.4 Å². The zero-order valence-electron chi connectivity index (χ0n) is 18.3. The zero-order chi connectivity index (χ0) is 24.6. The second kappa shape index (κ2) is 7.41. The first-order valence-electron chi connectivity index (χ1n) is 10.6. The monoisotopic (exact) mass is 458 g/mol. The van der Waals surface area contributed by atoms with Crippen LogP contribution in [0.15, 0.2) is 35.1 Å². The number of Topliss-reactive ketones (excluding diaryl/α,β-unsaturated/α-hetero) is 2. The maximum absolute atomic E-state index is 13.8. The molecular formula is C23H26N2O8. The number of amides is 1. The fraction of sp³-hybridized carbons (Fsp3) is 0.435. The first-order chi connectivity index (χ1) is 15.4. The highest BCUT2D eigenvalue weighted by atomic mass is 16.4. The average Bonchev–Trinajstić information content (AvgIpc) is 2.73. The molecule has 10 nitrogen and oxygen atoms in total. The molecule has 4 rings (SSSR count). The predicted molar refractivity (Wildman–Crippen MR) is 115 cm³/mol. The lowest BCUT2D eigenvalue weighted by Crippen LogP contribution is -2.70. The molecule has 1 aromatic carbocycles. The van der Waals surface area contributed by atoms with Gasteiger partial charge in [0.25, 0.3) is 5.91 Å². The number of aromatic hydroxyl groups is 1. The molecule has 0 bridgehead atoms. The molecule has 1 amide bonds. The van der Waals surface area contributed by atoms with Crippen LogP contribution in [0.1, 0.15) is 30.4 Å². The van der Waals surface area contributed by atoms with Crippen molar-refractivity contribution < 1.29 is 39.9 Å². The van der Waals surface area contributed by atoms with Crippen LogP contribution >= 0.6 is 0 Å². The van der Waals surface area contributed by atoms with Gasteiger partial charge in [-0.05, 0) is 38.1 Å². The van der Waals surface area contributed by atoms with Gasteiger partial charge in [0, 0.05) is 11.5 Å². The van der Waals surface area contributed by atoms with E-state index in [2.05, 4.69) is 0 Å². The van der Waals surface area contributed by atoms with Gasteiger partial charge >= 0.3 is 0 Å². The van der Waals surface area contributed by atoms with Gasteiger partial charge in [-0.1, -0.05) is 19.1 Å². The number of benzene rings is 1. The highest BCUT2D eigenvalue weighted by Crippen LogP contribution is 2.56. The summed E-state index contributed by atoms with van der Waals surface area (Å²) in [6.07, 6.45) is -1.19. The van der Waals surface area contributed by atoms with E-state index in [1.54, 1.807) is 19.1 Å². The molecule has 1 saturated carbocycles. The Hall–Kier alpha value is -3.21. The molecule has 6 atom stereocenters. The third kappa shape index (κ3) is 2.74. The number of hydrogen-bond donors (Lipinski definition) is 6. The van der Waals surface area contributed by atoms with Crippen LogP contribution in [0.4, 0.5) is 0 Å². The molecule has 1 aromatic rings. The number of phenolic OH excluding ortho intramolecular Hbond substituents is 1. The number of fused-ring (bicyclic) bond motifs is 3. The van der Waals surface area contributed by atoms with Gasteiger partial charge in [-0.2, -0.15) is 0 Å². The number of nitrogens with zero attached hydrogens (tertiary/aromatic N) is 1. The van der Waals surface area contributed by atoms with Crippen LogP contribution < -0.4 is 5.73 Å². The molecule has 0 unspecified atom stereocenters. The lowest BCUT2D eigenvalue weighted by Gasteiger charge is -2.54. The number of nitrogens with two attached hydrogens (primary N) is 1. The SMILES string of the molecule is CC[C@@H]1c2cccc(O)c2C(O)=C2C(=O)[C@]3(O)C(O)=C(C(N)=O)C(=O)[C@@H](N(C)C)[C@@H]3[C@@H](O)[C@@H]21. The molecule has 3 aliphatic rings. The number of aliphatic hydroxyl groups excluding tert-OH is 3. The standard InChI is InChI=1S/C23H26N2O8/c1-4-8-9-6-5-7-10(26)11(9)17(27)13-12(8)18(28)15-16(25(2)3)19(29)14(22(24)32)21(31)23(15,33)20(13)30/h5-8,12,15-16,18,26-28,31,33H,4H2,1-3H3,(H2,24,32)/t8-,12-,15-,16+,18+,23+/m1/s1. The molecular weight excluding hydrogens is 432 g/mol. The van der Waals surface area contributed by atoms with Gasteiger partial charge in [0.15, 0.2) is 11.4 Å². The first kappa shape index (κ1) is 23.0. The molecule has 33 heavy (non-hydrogen) atoms. The number of aliphatic hydroxyl groups is 4. The number of primary amides is 1. The Labute approximate surface area is 189 Å². The maximum atomic E-state index is 13.8. The quantitative estimate of drug-likeness (QED) is 0.337. The summed E-state index contributed by atoms with van der Waals surface area (Å²) in [4.78, 5) is 40.2. The van der Waals surface area contributed by atoms with Crippen molar-refractivity contribution in [2.45, 2.75) is 37.0 Å². The summed E-state index contributed by atoms with van der Waals surface area (Å²) in [5.74, 6) is -8.76. The summed E-state index contributed by atoms with van der Waals surface area (Å²) in [7, 11) is 2.94. The van der Waals surface area contributed by atoms with Crippen molar-refractivity contribution >= 4 is 23.2 Å². The summed E-state index contributed by atoms with van der Waals surface area (Å²) in [6, 6.07) is 3.20. The Kier molecular flexibility index (Phi) is 5.15. The van der Waals surface area contributed by atoms with E-state index >= 15 is 0 Å². The van der Waals surface area contributed by atoms with Crippen LogP contribution in [0.2, 0.25) is 0 Å². The molecule has 1 fully saturated rings. The smallest absolute Gasteiger partial charge is 0.255 e. The first-order valence-corrected chi connectivity index (χ1v) is 10.6. The number of phenols is 1. The Morgan fingerprint density at radius 2 is 1.82 bits per heavy atom. The van der Waals surface area contributed by atoms with Crippen LogP contribution in [0.3, 0.4) is 0 Å². The van der Waals surface area contributed by atoms with E-state index in [-0.39, 0.29) is 16.9 Å². The highest BCUT2D eigenvalue weighted by Gasteiger charge is 2.68. The van der Waals surface area contributed by atoms with E-state index in [9.17, 15) is 39.9 Å². The lowest BCUT2D eigenvalue weighted by molar-refractivity contribution is -0.169. The van der Waals surface area contributed by atoms with E-state index in [4.69, 9.17) is 5.73 Å². The van der Waals surface area contributed by atoms with Gasteiger partial charge in [-0.3, -0.25) is 19.3 Å². The third-order valence-corrected chi connectivity index (χ3v) is 7.24. The Morgan fingerprint density at radius 3 is 2.36 bits per heavy atom. The number of ketones is 2. The van der Waals surface area contributed by atoms with Gasteiger partial charge < -0.3 is 31.3 Å². The maximum Gasteiger partial charge on any atom is 0.255 e. The number of carbonyl (C=O) groups excluding carboxylic acids is 3. The largest absolute Gasteiger partial charge is 0.508 e. The summed E-state index contributed by atoms with van der Waals surface area (Å²) in [6.45, 7) is 1.80. The topological polar surface area (TPSA) is 182 Å². The summed E-state index contributed by atoms with van der Waals surface area (Å²) >= 11 is 0. The Morgan fingerprint density at radius 1 is 1.18 bits per heavy atom. The van der Waals surface area contributed by atoms with Crippen LogP contribution in [0, 0.1) is 11.8 Å². The fourth-order valence-electron chi connectivity index (χ4n) is 5.87. The second-order valence-corrected chi connectivity index (χ2v) is 9.02. The van der Waals surface area contributed by atoms with Crippen LogP contribution in [0.5, 0.6) is 5.75 Å². The van der Waals surface area contributed by atoms with Crippen molar-refractivity contribution in [1.29, 1.82) is 0 Å². The normalized spacial score (nSPS) is 33.7. The van der Waals surface area contributed by atoms with Crippen molar-refractivity contribution in [1.82, 2.24) is 4.90 Å². The number of rotatable bonds is 3. The highest BCUT2D eigenvalue weighted by molar-refractivity contribution is 6.24. The molecule has 0 saturated heterocycles. The van der Waals surface area contributed by atoms with Crippen LogP contribution in [0.25, 0.3) is 5.76 Å². The number of hydrogen-bond acceptors (Lipinski definition) is 9. The van der Waals surface area contributed by atoms with E-state index in [1.165, 1.54) is 25.1 Å². The minimum absolute atomic E-state index is 0.00663. The van der Waals surface area contributed by atoms with Gasteiger partial charge in [0.1, 0.15) is 22.8 Å². The van der Waals surface area contributed by atoms with Gasteiger partial charge in [-0.15, -0.1) is 0 Å². The Bertz CT molecular complexity index is 1150. The van der Waals surface area contributed by atoms with E-state index in [1.807, 2.05) is 0 Å². The minimum atomic E-state index is -2.90. The Balaban J connectivity index is 2.08. The van der Waals surface area contributed by atoms with Gasteiger partial charge in [-0.25, -0.2) is 0 Å². The zero-order valence-corrected chi connectivity index (χ0v) is 18.3. The summed E-state index contributed by atoms with van der Waals surface area (Å²) in [5, 5.41) is 55.3. The molecule has 176 valence electrons. The molecule has 7 N–H and O–H groups in total. The van der Waals surface area contributed by atoms with E-state index in [0.29, 0.717) is 12.0 Å². The molecule has 0 aromatic heterocycles. The summed E-state index contributed by atoms with van der Waals surface area (Å²) in [5.41, 5.74) is 1.56. The molecule has 0 aliphatic heterocycles. The van der Waals surface area contributed by atoms with E-state index < -0.39 is 70.1 Å². The second-order valence-electron chi connectivity index (χ2n) is 9.02. The fourth-order valence-corrected chi connectivity index (χ4v) is 5.87. The predicted octanol–water partition coefficient (Wildman–Crippen LogP) is -0.114. The third-order valence-electron chi connectivity index (χ3n) is 7.24.